The van der Waals surface area contributed by atoms with Gasteiger partial charge in [0.2, 0.25) is 11.1 Å². The van der Waals surface area contributed by atoms with E-state index in [1.165, 1.54) is 0 Å². The number of benzene rings is 3. The number of aliphatic hydroxyl groups excluding tert-OH is 1. The van der Waals surface area contributed by atoms with E-state index in [0.717, 1.165) is 52.6 Å². The molecule has 3 N–H and O–H groups in total. The number of rotatable bonds is 16. The van der Waals surface area contributed by atoms with Crippen molar-refractivity contribution in [3.8, 4) is 11.1 Å². The van der Waals surface area contributed by atoms with E-state index >= 15 is 0 Å². The van der Waals surface area contributed by atoms with Crippen molar-refractivity contribution in [1.29, 1.82) is 0 Å². The zero-order valence-corrected chi connectivity index (χ0v) is 27.3. The highest BCUT2D eigenvalue weighted by Gasteiger charge is 2.32. The number of aliphatic carboxylic acids is 1. The number of unbranched alkanes of at least 4 members (excludes halogenated alkanes) is 3. The van der Waals surface area contributed by atoms with Gasteiger partial charge in [0.05, 0.1) is 18.8 Å². The minimum atomic E-state index is -0.779. The highest BCUT2D eigenvalue weighted by Crippen LogP contribution is 2.40. The van der Waals surface area contributed by atoms with E-state index in [4.69, 9.17) is 14.6 Å². The Hall–Kier alpha value is -4.10. The van der Waals surface area contributed by atoms with E-state index in [1.807, 2.05) is 67.7 Å². The van der Waals surface area contributed by atoms with Crippen LogP contribution in [0.2, 0.25) is 0 Å². The van der Waals surface area contributed by atoms with Crippen LogP contribution < -0.4 is 5.32 Å². The van der Waals surface area contributed by atoms with Gasteiger partial charge < -0.3 is 25.0 Å². The molecule has 1 saturated heterocycles. The fourth-order valence-electron chi connectivity index (χ4n) is 5.46. The molecule has 5 rings (SSSR count). The predicted molar refractivity (Wildman–Crippen MR) is 177 cm³/mol. The van der Waals surface area contributed by atoms with Crippen molar-refractivity contribution in [2.24, 2.45) is 7.05 Å². The van der Waals surface area contributed by atoms with Crippen LogP contribution in [0.3, 0.4) is 0 Å². The lowest BCUT2D eigenvalue weighted by atomic mass is 9.99. The van der Waals surface area contributed by atoms with Crippen LogP contribution in [0.5, 0.6) is 0 Å². The van der Waals surface area contributed by atoms with E-state index in [2.05, 4.69) is 33.0 Å². The van der Waals surface area contributed by atoms with Gasteiger partial charge in [0, 0.05) is 44.2 Å². The lowest BCUT2D eigenvalue weighted by Gasteiger charge is -2.36. The summed E-state index contributed by atoms with van der Waals surface area (Å²) in [6.45, 7) is 0.415. The molecule has 4 aromatic rings. The maximum absolute atomic E-state index is 12.4. The van der Waals surface area contributed by atoms with Crippen molar-refractivity contribution in [3.05, 3.63) is 95.1 Å². The van der Waals surface area contributed by atoms with Crippen LogP contribution in [0, 0.1) is 0 Å². The Morgan fingerprint density at radius 1 is 0.915 bits per heavy atom. The van der Waals surface area contributed by atoms with Crippen molar-refractivity contribution in [3.63, 3.8) is 0 Å². The van der Waals surface area contributed by atoms with Gasteiger partial charge in [0.1, 0.15) is 0 Å². The third kappa shape index (κ3) is 10.2. The summed E-state index contributed by atoms with van der Waals surface area (Å²) in [7, 11) is 1.81. The molecular formula is C35H41N5O6S. The first kappa shape index (κ1) is 34.2. The first-order valence-corrected chi connectivity index (χ1v) is 16.9. The van der Waals surface area contributed by atoms with Crippen LogP contribution in [0.4, 0.5) is 0 Å². The Labute approximate surface area is 278 Å². The molecule has 3 atom stereocenters. The average Bonchev–Trinajstić information content (AvgIpc) is 3.52. The minimum absolute atomic E-state index is 0.00839. The fourth-order valence-corrected chi connectivity index (χ4v) is 6.33. The smallest absolute Gasteiger partial charge is 0.303 e. The van der Waals surface area contributed by atoms with Crippen molar-refractivity contribution in [1.82, 2.24) is 25.5 Å². The maximum atomic E-state index is 12.4. The number of aliphatic hydroxyl groups is 1. The summed E-state index contributed by atoms with van der Waals surface area (Å²) in [6, 6.07) is 24.1. The van der Waals surface area contributed by atoms with Crippen LogP contribution in [0.1, 0.15) is 79.6 Å². The number of carbonyl (C=O) groups is 2. The van der Waals surface area contributed by atoms with E-state index in [9.17, 15) is 14.7 Å². The van der Waals surface area contributed by atoms with Crippen LogP contribution in [-0.4, -0.2) is 54.2 Å². The third-order valence-electron chi connectivity index (χ3n) is 8.05. The fraction of sp³-hybridized carbons (Fsp3) is 0.400. The van der Waals surface area contributed by atoms with E-state index < -0.39 is 12.3 Å². The number of amides is 1. The van der Waals surface area contributed by atoms with Gasteiger partial charge in [-0.2, -0.15) is 0 Å². The molecule has 0 bridgehead atoms. The Bertz CT molecular complexity index is 1610. The number of ether oxygens (including phenoxy) is 2. The standard InChI is InChI=1S/C35H41N5O6S/c1-40-35(37-38-39-40)47-23-30-20-31(26-16-14-24(22-41)15-17-26)46-34(45-30)29-11-7-10-28(19-29)27-9-6-8-25(18-27)21-36-32(42)12-4-2-3-5-13-33(43)44/h6-11,14-19,30-31,34,41H,2-5,12-13,20-23H2,1H3,(H,36,42)(H,43,44)/t30-,31+,34+/m0/s1. The second kappa shape index (κ2) is 17.2. The van der Waals surface area contributed by atoms with Crippen LogP contribution in [-0.2, 0) is 39.3 Å². The first-order chi connectivity index (χ1) is 22.9. The molecule has 0 saturated carbocycles. The zero-order chi connectivity index (χ0) is 33.0. The monoisotopic (exact) mass is 659 g/mol. The summed E-state index contributed by atoms with van der Waals surface area (Å²) < 4.78 is 14.7. The second-order valence-electron chi connectivity index (χ2n) is 11.7. The summed E-state index contributed by atoms with van der Waals surface area (Å²) >= 11 is 1.54. The molecule has 1 aromatic heterocycles. The number of aryl methyl sites for hydroxylation is 1. The molecule has 3 aromatic carbocycles. The van der Waals surface area contributed by atoms with Crippen LogP contribution in [0.25, 0.3) is 11.1 Å². The molecule has 0 radical (unpaired) electrons. The molecular weight excluding hydrogens is 618 g/mol. The third-order valence-corrected chi connectivity index (χ3v) is 9.19. The number of tetrazole rings is 1. The minimum Gasteiger partial charge on any atom is -0.481 e. The van der Waals surface area contributed by atoms with Gasteiger partial charge in [0.25, 0.3) is 0 Å². The number of carbonyl (C=O) groups excluding carboxylic acids is 1. The Balaban J connectivity index is 1.24. The molecule has 1 fully saturated rings. The van der Waals surface area contributed by atoms with E-state index in [-0.39, 0.29) is 31.1 Å². The van der Waals surface area contributed by atoms with Crippen molar-refractivity contribution < 1.29 is 29.3 Å². The lowest BCUT2D eigenvalue weighted by molar-refractivity contribution is -0.245. The molecule has 248 valence electrons. The molecule has 47 heavy (non-hydrogen) atoms. The number of carboxylic acid groups (broad SMARTS) is 1. The van der Waals surface area contributed by atoms with Gasteiger partial charge in [-0.05, 0) is 63.2 Å². The average molecular weight is 660 g/mol. The summed E-state index contributed by atoms with van der Waals surface area (Å²) in [5, 5.41) is 33.7. The number of aromatic nitrogens is 4. The number of nitrogens with one attached hydrogen (secondary N) is 1. The second-order valence-corrected chi connectivity index (χ2v) is 12.6. The number of nitrogens with zero attached hydrogens (tertiary/aromatic N) is 4. The van der Waals surface area contributed by atoms with Gasteiger partial charge in [-0.1, -0.05) is 85.3 Å². The Kier molecular flexibility index (Phi) is 12.5. The van der Waals surface area contributed by atoms with Gasteiger partial charge in [-0.15, -0.1) is 5.10 Å². The summed E-state index contributed by atoms with van der Waals surface area (Å²) in [6.07, 6.45) is 3.38. The number of carboxylic acids is 1. The Morgan fingerprint density at radius 2 is 1.66 bits per heavy atom. The number of hydrogen-bond donors (Lipinski definition) is 3. The molecule has 2 heterocycles. The SMILES string of the molecule is Cn1nnnc1SC[C@@H]1C[C@H](c2ccc(CO)cc2)O[C@H](c2cccc(-c3cccc(CNC(=O)CCCCCCC(=O)O)c3)c2)O1. The van der Waals surface area contributed by atoms with Crippen molar-refractivity contribution >= 4 is 23.6 Å². The molecule has 0 spiro atoms. The van der Waals surface area contributed by atoms with Crippen molar-refractivity contribution in [2.75, 3.05) is 5.75 Å². The topological polar surface area (TPSA) is 149 Å². The molecule has 12 heteroatoms. The highest BCUT2D eigenvalue weighted by atomic mass is 32.2. The van der Waals surface area contributed by atoms with Crippen LogP contribution in [0.15, 0.2) is 78.0 Å². The van der Waals surface area contributed by atoms with E-state index in [0.29, 0.717) is 36.7 Å². The normalized spacial score (nSPS) is 17.8. The number of hydrogen-bond acceptors (Lipinski definition) is 9. The summed E-state index contributed by atoms with van der Waals surface area (Å²) in [5.74, 6) is -0.137. The predicted octanol–water partition coefficient (Wildman–Crippen LogP) is 5.75. The summed E-state index contributed by atoms with van der Waals surface area (Å²) in [4.78, 5) is 23.0. The highest BCUT2D eigenvalue weighted by molar-refractivity contribution is 7.99. The molecule has 1 aliphatic heterocycles. The molecule has 1 aliphatic rings. The molecule has 1 amide bonds. The maximum Gasteiger partial charge on any atom is 0.303 e. The first-order valence-electron chi connectivity index (χ1n) is 15.9. The van der Waals surface area contributed by atoms with Gasteiger partial charge in [-0.3, -0.25) is 9.59 Å². The molecule has 11 nitrogen and oxygen atoms in total. The molecule has 0 unspecified atom stereocenters. The van der Waals surface area contributed by atoms with Crippen molar-refractivity contribution in [2.45, 2.75) is 81.8 Å². The Morgan fingerprint density at radius 3 is 2.38 bits per heavy atom. The van der Waals surface area contributed by atoms with Crippen LogP contribution >= 0.6 is 11.8 Å². The van der Waals surface area contributed by atoms with Gasteiger partial charge in [0.15, 0.2) is 6.29 Å². The zero-order valence-electron chi connectivity index (χ0n) is 26.5. The quantitative estimate of drug-likeness (QED) is 0.100. The summed E-state index contributed by atoms with van der Waals surface area (Å²) in [5.41, 5.74) is 5.79. The number of thioether (sulfide) groups is 1. The van der Waals surface area contributed by atoms with E-state index in [1.54, 1.807) is 16.4 Å². The van der Waals surface area contributed by atoms with Gasteiger partial charge in [-0.25, -0.2) is 4.68 Å². The van der Waals surface area contributed by atoms with Gasteiger partial charge >= 0.3 is 5.97 Å². The largest absolute Gasteiger partial charge is 0.481 e. The lowest BCUT2D eigenvalue weighted by Crippen LogP contribution is -2.31. The molecule has 0 aliphatic carbocycles.